The summed E-state index contributed by atoms with van der Waals surface area (Å²) in [5.41, 5.74) is 12.4. The van der Waals surface area contributed by atoms with Crippen molar-refractivity contribution in [1.29, 1.82) is 0 Å². The summed E-state index contributed by atoms with van der Waals surface area (Å²) >= 11 is 1.63. The number of aryl methyl sites for hydroxylation is 1. The van der Waals surface area contributed by atoms with Crippen molar-refractivity contribution < 1.29 is 0 Å². The fourth-order valence-electron chi connectivity index (χ4n) is 2.07. The second-order valence-corrected chi connectivity index (χ2v) is 4.84. The summed E-state index contributed by atoms with van der Waals surface area (Å²) in [5, 5.41) is 2.08. The molecule has 1 aromatic carbocycles. The Morgan fingerprint density at radius 3 is 2.88 bits per heavy atom. The molecule has 0 saturated carbocycles. The van der Waals surface area contributed by atoms with Gasteiger partial charge in [-0.2, -0.15) is 0 Å². The fraction of sp³-hybridized carbons (Fsp3) is 0.308. The van der Waals surface area contributed by atoms with E-state index in [1.54, 1.807) is 11.3 Å². The maximum Gasteiger partial charge on any atom is 0.0795 e. The monoisotopic (exact) mass is 247 g/mol. The van der Waals surface area contributed by atoms with Crippen LogP contribution in [0.3, 0.4) is 0 Å². The van der Waals surface area contributed by atoms with E-state index >= 15 is 0 Å². The van der Waals surface area contributed by atoms with Gasteiger partial charge in [0.1, 0.15) is 0 Å². The Kier molecular flexibility index (Phi) is 3.76. The fourth-order valence-corrected chi connectivity index (χ4v) is 2.62. The van der Waals surface area contributed by atoms with Crippen LogP contribution in [0.25, 0.3) is 0 Å². The first kappa shape index (κ1) is 12.1. The van der Waals surface area contributed by atoms with Crippen molar-refractivity contribution in [2.24, 2.45) is 5.73 Å². The minimum absolute atomic E-state index is 0.568. The molecule has 17 heavy (non-hydrogen) atoms. The van der Waals surface area contributed by atoms with Gasteiger partial charge in [-0.15, -0.1) is 11.3 Å². The molecule has 0 amide bonds. The largest absolute Gasteiger partial charge is 0.368 e. The molecule has 0 aliphatic carbocycles. The normalized spacial score (nSPS) is 10.5. The van der Waals surface area contributed by atoms with Gasteiger partial charge in [-0.1, -0.05) is 18.2 Å². The molecule has 3 nitrogen and oxygen atoms in total. The molecule has 2 N–H and O–H groups in total. The van der Waals surface area contributed by atoms with Crippen LogP contribution in [-0.2, 0) is 13.1 Å². The standard InChI is InChI=1S/C13H17N3S/c1-10-4-3-5-11(6-14)13(10)16(2)7-12-8-17-9-15-12/h3-5,8-9H,6-7,14H2,1-2H3. The number of nitrogens with two attached hydrogens (primary N) is 1. The molecule has 0 fully saturated rings. The number of hydrogen-bond acceptors (Lipinski definition) is 4. The van der Waals surface area contributed by atoms with E-state index in [0.29, 0.717) is 6.54 Å². The Balaban J connectivity index is 2.26. The first-order chi connectivity index (χ1) is 8.22. The highest BCUT2D eigenvalue weighted by Crippen LogP contribution is 2.25. The van der Waals surface area contributed by atoms with E-state index in [4.69, 9.17) is 5.73 Å². The van der Waals surface area contributed by atoms with Gasteiger partial charge in [0.25, 0.3) is 0 Å². The molecule has 0 saturated heterocycles. The molecule has 0 bridgehead atoms. The second kappa shape index (κ2) is 5.29. The van der Waals surface area contributed by atoms with Crippen molar-refractivity contribution in [2.45, 2.75) is 20.0 Å². The molecule has 90 valence electrons. The minimum atomic E-state index is 0.568. The lowest BCUT2D eigenvalue weighted by Crippen LogP contribution is -2.20. The number of aromatic nitrogens is 1. The van der Waals surface area contributed by atoms with Crippen LogP contribution in [0.2, 0.25) is 0 Å². The molecule has 0 spiro atoms. The summed E-state index contributed by atoms with van der Waals surface area (Å²) in [6, 6.07) is 6.25. The first-order valence-electron chi connectivity index (χ1n) is 5.59. The molecule has 1 aromatic heterocycles. The zero-order valence-corrected chi connectivity index (χ0v) is 11.0. The summed E-state index contributed by atoms with van der Waals surface area (Å²) in [6.45, 7) is 3.51. The molecule has 2 rings (SSSR count). The Morgan fingerprint density at radius 1 is 1.41 bits per heavy atom. The van der Waals surface area contributed by atoms with Crippen LogP contribution in [0.15, 0.2) is 29.1 Å². The Bertz CT molecular complexity index is 479. The van der Waals surface area contributed by atoms with E-state index < -0.39 is 0 Å². The van der Waals surface area contributed by atoms with Gasteiger partial charge in [0.2, 0.25) is 0 Å². The Morgan fingerprint density at radius 2 is 2.24 bits per heavy atom. The lowest BCUT2D eigenvalue weighted by Gasteiger charge is -2.23. The maximum atomic E-state index is 5.79. The number of para-hydroxylation sites is 1. The number of anilines is 1. The van der Waals surface area contributed by atoms with E-state index in [0.717, 1.165) is 12.2 Å². The lowest BCUT2D eigenvalue weighted by molar-refractivity contribution is 0.875. The highest BCUT2D eigenvalue weighted by molar-refractivity contribution is 7.07. The molecule has 2 aromatic rings. The van der Waals surface area contributed by atoms with Crippen molar-refractivity contribution in [3.8, 4) is 0 Å². The number of benzene rings is 1. The SMILES string of the molecule is Cc1cccc(CN)c1N(C)Cc1cscn1. The topological polar surface area (TPSA) is 42.1 Å². The third-order valence-electron chi connectivity index (χ3n) is 2.81. The average molecular weight is 247 g/mol. The van der Waals surface area contributed by atoms with Gasteiger partial charge in [-0.3, -0.25) is 0 Å². The summed E-state index contributed by atoms with van der Waals surface area (Å²) in [6.07, 6.45) is 0. The molecule has 4 heteroatoms. The van der Waals surface area contributed by atoms with Gasteiger partial charge >= 0.3 is 0 Å². The molecular formula is C13H17N3S. The first-order valence-corrected chi connectivity index (χ1v) is 6.53. The van der Waals surface area contributed by atoms with Crippen LogP contribution in [-0.4, -0.2) is 12.0 Å². The quantitative estimate of drug-likeness (QED) is 0.903. The van der Waals surface area contributed by atoms with Gasteiger partial charge in [0, 0.05) is 24.7 Å². The van der Waals surface area contributed by atoms with Crippen molar-refractivity contribution >= 4 is 17.0 Å². The minimum Gasteiger partial charge on any atom is -0.368 e. The van der Waals surface area contributed by atoms with Gasteiger partial charge in [-0.25, -0.2) is 4.98 Å². The van der Waals surface area contributed by atoms with E-state index in [1.807, 2.05) is 5.51 Å². The number of thiazole rings is 1. The zero-order chi connectivity index (χ0) is 12.3. The third-order valence-corrected chi connectivity index (χ3v) is 3.44. The zero-order valence-electron chi connectivity index (χ0n) is 10.2. The van der Waals surface area contributed by atoms with Crippen molar-refractivity contribution in [2.75, 3.05) is 11.9 Å². The number of nitrogens with zero attached hydrogens (tertiary/aromatic N) is 2. The van der Waals surface area contributed by atoms with Gasteiger partial charge in [-0.05, 0) is 18.1 Å². The van der Waals surface area contributed by atoms with E-state index in [9.17, 15) is 0 Å². The summed E-state index contributed by atoms with van der Waals surface area (Å²) in [7, 11) is 2.08. The van der Waals surface area contributed by atoms with Crippen LogP contribution in [0, 0.1) is 6.92 Å². The average Bonchev–Trinajstić information content (AvgIpc) is 2.81. The predicted molar refractivity (Wildman–Crippen MR) is 73.3 cm³/mol. The molecule has 0 radical (unpaired) electrons. The van der Waals surface area contributed by atoms with Crippen LogP contribution in [0.1, 0.15) is 16.8 Å². The van der Waals surface area contributed by atoms with Gasteiger partial charge in [0.15, 0.2) is 0 Å². The third kappa shape index (κ3) is 2.65. The van der Waals surface area contributed by atoms with Gasteiger partial charge in [0.05, 0.1) is 17.7 Å². The molecule has 0 atom stereocenters. The predicted octanol–water partition coefficient (Wildman–Crippen LogP) is 2.55. The highest BCUT2D eigenvalue weighted by Gasteiger charge is 2.10. The molecular weight excluding hydrogens is 230 g/mol. The van der Waals surface area contributed by atoms with Crippen LogP contribution in [0.4, 0.5) is 5.69 Å². The second-order valence-electron chi connectivity index (χ2n) is 4.12. The molecule has 0 aliphatic rings. The molecule has 1 heterocycles. The highest BCUT2D eigenvalue weighted by atomic mass is 32.1. The van der Waals surface area contributed by atoms with Crippen LogP contribution < -0.4 is 10.6 Å². The maximum absolute atomic E-state index is 5.79. The van der Waals surface area contributed by atoms with Crippen LogP contribution in [0.5, 0.6) is 0 Å². The summed E-state index contributed by atoms with van der Waals surface area (Å²) in [5.74, 6) is 0. The molecule has 0 aliphatic heterocycles. The van der Waals surface area contributed by atoms with Gasteiger partial charge < -0.3 is 10.6 Å². The lowest BCUT2D eigenvalue weighted by atomic mass is 10.1. The summed E-state index contributed by atoms with van der Waals surface area (Å²) < 4.78 is 0. The number of hydrogen-bond donors (Lipinski definition) is 1. The molecule has 0 unspecified atom stereocenters. The van der Waals surface area contributed by atoms with E-state index in [2.05, 4.69) is 47.4 Å². The Labute approximate surface area is 106 Å². The van der Waals surface area contributed by atoms with E-state index in [-0.39, 0.29) is 0 Å². The van der Waals surface area contributed by atoms with Crippen molar-refractivity contribution in [3.63, 3.8) is 0 Å². The van der Waals surface area contributed by atoms with Crippen molar-refractivity contribution in [3.05, 3.63) is 45.9 Å². The summed E-state index contributed by atoms with van der Waals surface area (Å²) in [4.78, 5) is 6.53. The smallest absolute Gasteiger partial charge is 0.0795 e. The van der Waals surface area contributed by atoms with E-state index in [1.165, 1.54) is 16.8 Å². The number of rotatable bonds is 4. The van der Waals surface area contributed by atoms with Crippen LogP contribution >= 0.6 is 11.3 Å². The van der Waals surface area contributed by atoms with Crippen molar-refractivity contribution in [1.82, 2.24) is 4.98 Å². The Hall–Kier alpha value is -1.39.